The molecule has 0 fully saturated rings. The number of nitrogens with one attached hydrogen (secondary N) is 1. The first-order valence-electron chi connectivity index (χ1n) is 6.89. The largest absolute Gasteiger partial charge is 0.480 e. The molecular weight excluding hydrogens is 246 g/mol. The lowest BCUT2D eigenvalue weighted by molar-refractivity contribution is -0.145. The summed E-state index contributed by atoms with van der Waals surface area (Å²) in [6.45, 7) is 7.13. The van der Waals surface area contributed by atoms with E-state index in [1.807, 2.05) is 20.8 Å². The van der Waals surface area contributed by atoms with Gasteiger partial charge < -0.3 is 19.9 Å². The van der Waals surface area contributed by atoms with Crippen LogP contribution >= 0.6 is 0 Å². The highest BCUT2D eigenvalue weighted by Gasteiger charge is 2.34. The topological polar surface area (TPSA) is 67.8 Å². The van der Waals surface area contributed by atoms with E-state index >= 15 is 0 Å². The summed E-state index contributed by atoms with van der Waals surface area (Å²) in [6.07, 6.45) is 2.69. The predicted molar refractivity (Wildman–Crippen MR) is 75.5 cm³/mol. The molecule has 1 unspecified atom stereocenters. The molecule has 5 nitrogen and oxygen atoms in total. The first-order valence-corrected chi connectivity index (χ1v) is 6.89. The fourth-order valence-electron chi connectivity index (χ4n) is 1.84. The molecule has 0 aliphatic heterocycles. The summed E-state index contributed by atoms with van der Waals surface area (Å²) in [5, 5.41) is 12.2. The molecule has 5 heteroatoms. The van der Waals surface area contributed by atoms with E-state index in [2.05, 4.69) is 5.32 Å². The highest BCUT2D eigenvalue weighted by atomic mass is 16.5. The van der Waals surface area contributed by atoms with Gasteiger partial charge in [-0.3, -0.25) is 4.79 Å². The van der Waals surface area contributed by atoms with Crippen molar-refractivity contribution in [2.45, 2.75) is 57.6 Å². The standard InChI is InChI=1S/C14H29NO4/c1-6-14(15-4,12(16)17)8-7-10-19-11-9-13(2,3)18-5/h15H,6-11H2,1-5H3,(H,16,17). The molecule has 0 bridgehead atoms. The van der Waals surface area contributed by atoms with Crippen LogP contribution in [0.5, 0.6) is 0 Å². The number of hydrogen-bond donors (Lipinski definition) is 2. The van der Waals surface area contributed by atoms with Crippen molar-refractivity contribution >= 4 is 5.97 Å². The molecule has 1 atom stereocenters. The summed E-state index contributed by atoms with van der Waals surface area (Å²) in [6, 6.07) is 0. The summed E-state index contributed by atoms with van der Waals surface area (Å²) in [5.41, 5.74) is -0.992. The fourth-order valence-corrected chi connectivity index (χ4v) is 1.84. The van der Waals surface area contributed by atoms with Crippen molar-refractivity contribution in [3.05, 3.63) is 0 Å². The van der Waals surface area contributed by atoms with E-state index in [1.54, 1.807) is 14.2 Å². The Morgan fingerprint density at radius 2 is 1.89 bits per heavy atom. The number of methoxy groups -OCH3 is 1. The van der Waals surface area contributed by atoms with Crippen molar-refractivity contribution in [3.8, 4) is 0 Å². The van der Waals surface area contributed by atoms with Gasteiger partial charge in [0.25, 0.3) is 0 Å². The van der Waals surface area contributed by atoms with Gasteiger partial charge in [-0.1, -0.05) is 6.92 Å². The van der Waals surface area contributed by atoms with Crippen molar-refractivity contribution in [2.75, 3.05) is 27.4 Å². The Balaban J connectivity index is 3.88. The second-order valence-corrected chi connectivity index (χ2v) is 5.42. The van der Waals surface area contributed by atoms with Gasteiger partial charge in [0.05, 0.1) is 5.60 Å². The van der Waals surface area contributed by atoms with E-state index in [0.717, 1.165) is 12.8 Å². The van der Waals surface area contributed by atoms with Crippen molar-refractivity contribution in [1.29, 1.82) is 0 Å². The molecule has 0 saturated heterocycles. The molecule has 19 heavy (non-hydrogen) atoms. The highest BCUT2D eigenvalue weighted by Crippen LogP contribution is 2.18. The third-order valence-corrected chi connectivity index (χ3v) is 3.78. The zero-order chi connectivity index (χ0) is 14.9. The number of carbonyl (C=O) groups is 1. The summed E-state index contributed by atoms with van der Waals surface area (Å²) < 4.78 is 10.8. The van der Waals surface area contributed by atoms with Gasteiger partial charge in [0, 0.05) is 20.3 Å². The van der Waals surface area contributed by atoms with Gasteiger partial charge in [-0.05, 0) is 46.6 Å². The molecule has 0 aliphatic carbocycles. The number of hydrogen-bond acceptors (Lipinski definition) is 4. The molecule has 0 saturated carbocycles. The molecule has 0 radical (unpaired) electrons. The zero-order valence-corrected chi connectivity index (χ0v) is 12.9. The lowest BCUT2D eigenvalue weighted by atomic mass is 9.91. The summed E-state index contributed by atoms with van der Waals surface area (Å²) in [4.78, 5) is 11.3. The van der Waals surface area contributed by atoms with Crippen LogP contribution in [0.15, 0.2) is 0 Å². The first kappa shape index (κ1) is 18.4. The number of likely N-dealkylation sites (N-methyl/N-ethyl adjacent to an activating group) is 1. The van der Waals surface area contributed by atoms with E-state index < -0.39 is 11.5 Å². The third kappa shape index (κ3) is 6.36. The SMILES string of the molecule is CCC(CCCOCCC(C)(C)OC)(NC)C(=O)O. The van der Waals surface area contributed by atoms with E-state index in [1.165, 1.54) is 0 Å². The minimum atomic E-state index is -0.824. The minimum absolute atomic E-state index is 0.167. The first-order chi connectivity index (χ1) is 8.83. The van der Waals surface area contributed by atoms with Crippen molar-refractivity contribution in [3.63, 3.8) is 0 Å². The molecular formula is C14H29NO4. The van der Waals surface area contributed by atoms with Gasteiger partial charge in [0.2, 0.25) is 0 Å². The van der Waals surface area contributed by atoms with Crippen LogP contribution in [-0.2, 0) is 14.3 Å². The Bertz CT molecular complexity index is 262. The smallest absolute Gasteiger partial charge is 0.323 e. The number of carboxylic acid groups (broad SMARTS) is 1. The average Bonchev–Trinajstić information content (AvgIpc) is 2.38. The Hall–Kier alpha value is -0.650. The van der Waals surface area contributed by atoms with Crippen molar-refractivity contribution in [2.24, 2.45) is 0 Å². The van der Waals surface area contributed by atoms with Gasteiger partial charge in [0.1, 0.15) is 5.54 Å². The lowest BCUT2D eigenvalue weighted by Crippen LogP contribution is -2.49. The highest BCUT2D eigenvalue weighted by molar-refractivity contribution is 5.78. The Morgan fingerprint density at radius 3 is 2.32 bits per heavy atom. The predicted octanol–water partition coefficient (Wildman–Crippen LogP) is 2.05. The number of rotatable bonds is 11. The van der Waals surface area contributed by atoms with E-state index in [4.69, 9.17) is 9.47 Å². The van der Waals surface area contributed by atoms with Crippen LogP contribution in [-0.4, -0.2) is 49.6 Å². The molecule has 0 aromatic carbocycles. The van der Waals surface area contributed by atoms with Gasteiger partial charge in [0.15, 0.2) is 0 Å². The molecule has 0 heterocycles. The Morgan fingerprint density at radius 1 is 1.26 bits per heavy atom. The van der Waals surface area contributed by atoms with Gasteiger partial charge >= 0.3 is 5.97 Å². The molecule has 0 spiro atoms. The normalized spacial score (nSPS) is 15.2. The number of aliphatic carboxylic acids is 1. The second kappa shape index (κ2) is 8.51. The van der Waals surface area contributed by atoms with Crippen LogP contribution in [0, 0.1) is 0 Å². The minimum Gasteiger partial charge on any atom is -0.480 e. The third-order valence-electron chi connectivity index (χ3n) is 3.78. The fraction of sp³-hybridized carbons (Fsp3) is 0.929. The van der Waals surface area contributed by atoms with E-state index in [0.29, 0.717) is 26.1 Å². The lowest BCUT2D eigenvalue weighted by Gasteiger charge is -2.27. The number of ether oxygens (including phenoxy) is 2. The van der Waals surface area contributed by atoms with Gasteiger partial charge in [-0.2, -0.15) is 0 Å². The van der Waals surface area contributed by atoms with Gasteiger partial charge in [-0.15, -0.1) is 0 Å². The van der Waals surface area contributed by atoms with Crippen LogP contribution in [0.4, 0.5) is 0 Å². The van der Waals surface area contributed by atoms with Crippen LogP contribution < -0.4 is 5.32 Å². The van der Waals surface area contributed by atoms with Crippen LogP contribution in [0.25, 0.3) is 0 Å². The maximum absolute atomic E-state index is 11.3. The average molecular weight is 275 g/mol. The molecule has 0 aromatic heterocycles. The van der Waals surface area contributed by atoms with Gasteiger partial charge in [-0.25, -0.2) is 0 Å². The summed E-state index contributed by atoms with van der Waals surface area (Å²) in [5.74, 6) is -0.794. The molecule has 0 aromatic rings. The zero-order valence-electron chi connectivity index (χ0n) is 12.9. The van der Waals surface area contributed by atoms with Crippen molar-refractivity contribution in [1.82, 2.24) is 5.32 Å². The second-order valence-electron chi connectivity index (χ2n) is 5.42. The Kier molecular flexibility index (Phi) is 8.22. The summed E-state index contributed by atoms with van der Waals surface area (Å²) >= 11 is 0. The molecule has 0 rings (SSSR count). The van der Waals surface area contributed by atoms with Crippen LogP contribution in [0.3, 0.4) is 0 Å². The molecule has 0 amide bonds. The maximum atomic E-state index is 11.3. The summed E-state index contributed by atoms with van der Waals surface area (Å²) in [7, 11) is 3.38. The van der Waals surface area contributed by atoms with Crippen LogP contribution in [0.1, 0.15) is 46.5 Å². The van der Waals surface area contributed by atoms with E-state index in [-0.39, 0.29) is 5.60 Å². The molecule has 2 N–H and O–H groups in total. The molecule has 0 aliphatic rings. The quantitative estimate of drug-likeness (QED) is 0.565. The maximum Gasteiger partial charge on any atom is 0.323 e. The number of carboxylic acids is 1. The monoisotopic (exact) mass is 275 g/mol. The van der Waals surface area contributed by atoms with Crippen LogP contribution in [0.2, 0.25) is 0 Å². The molecule has 114 valence electrons. The van der Waals surface area contributed by atoms with Crippen molar-refractivity contribution < 1.29 is 19.4 Å². The Labute approximate surface area is 116 Å². The van der Waals surface area contributed by atoms with E-state index in [9.17, 15) is 9.90 Å².